The highest BCUT2D eigenvalue weighted by atomic mass is 14.3. The van der Waals surface area contributed by atoms with Crippen molar-refractivity contribution >= 4 is 0 Å². The summed E-state index contributed by atoms with van der Waals surface area (Å²) in [6.45, 7) is 19.3. The predicted octanol–water partition coefficient (Wildman–Crippen LogP) is 7.96. The minimum absolute atomic E-state index is 0.851. The fraction of sp³-hybridized carbons (Fsp3) is 1.00. The van der Waals surface area contributed by atoms with Gasteiger partial charge in [0.25, 0.3) is 0 Å². The molecule has 0 spiro atoms. The molecule has 5 atom stereocenters. The number of hydrogen-bond donors (Lipinski definition) is 0. The largest absolute Gasteiger partial charge is 0.0654 e. The van der Waals surface area contributed by atoms with E-state index in [1.807, 2.05) is 0 Å². The van der Waals surface area contributed by atoms with E-state index in [0.717, 1.165) is 35.5 Å². The Morgan fingerprint density at radius 2 is 1.23 bits per heavy atom. The maximum atomic E-state index is 2.50. The zero-order valence-electron chi connectivity index (χ0n) is 17.1. The lowest BCUT2D eigenvalue weighted by Gasteiger charge is -2.29. The maximum Gasteiger partial charge on any atom is -0.0365 e. The third kappa shape index (κ3) is 8.02. The van der Waals surface area contributed by atoms with Gasteiger partial charge in [-0.15, -0.1) is 0 Å². The van der Waals surface area contributed by atoms with E-state index in [9.17, 15) is 0 Å². The third-order valence-corrected chi connectivity index (χ3v) is 6.50. The van der Waals surface area contributed by atoms with Crippen LogP contribution in [0.4, 0.5) is 0 Å². The number of rotatable bonds is 13. The summed E-state index contributed by atoms with van der Waals surface area (Å²) in [7, 11) is 0. The van der Waals surface area contributed by atoms with Crippen LogP contribution in [0.2, 0.25) is 0 Å². The second kappa shape index (κ2) is 12.4. The normalized spacial score (nSPS) is 19.0. The molecule has 134 valence electrons. The van der Waals surface area contributed by atoms with Crippen molar-refractivity contribution in [1.29, 1.82) is 0 Å². The van der Waals surface area contributed by atoms with Crippen molar-refractivity contribution in [2.75, 3.05) is 0 Å². The van der Waals surface area contributed by atoms with Crippen molar-refractivity contribution < 1.29 is 0 Å². The molecule has 0 rings (SSSR count). The molecule has 0 aliphatic carbocycles. The molecule has 0 aromatic carbocycles. The zero-order valence-corrected chi connectivity index (χ0v) is 17.1. The molecule has 0 saturated carbocycles. The van der Waals surface area contributed by atoms with E-state index in [4.69, 9.17) is 0 Å². The van der Waals surface area contributed by atoms with Crippen molar-refractivity contribution in [2.45, 2.75) is 107 Å². The average molecular weight is 311 g/mol. The third-order valence-electron chi connectivity index (χ3n) is 6.50. The molecule has 0 heterocycles. The summed E-state index contributed by atoms with van der Waals surface area (Å²) in [5, 5.41) is 0. The van der Waals surface area contributed by atoms with Gasteiger partial charge in [0.05, 0.1) is 0 Å². The van der Waals surface area contributed by atoms with Gasteiger partial charge in [-0.1, -0.05) is 107 Å². The van der Waals surface area contributed by atoms with Crippen molar-refractivity contribution in [2.24, 2.45) is 35.5 Å². The highest BCUT2D eigenvalue weighted by Gasteiger charge is 2.21. The van der Waals surface area contributed by atoms with Gasteiger partial charge in [-0.25, -0.2) is 0 Å². The molecule has 0 amide bonds. The summed E-state index contributed by atoms with van der Waals surface area (Å²) in [5.41, 5.74) is 0. The highest BCUT2D eigenvalue weighted by Crippen LogP contribution is 2.32. The number of hydrogen-bond acceptors (Lipinski definition) is 0. The van der Waals surface area contributed by atoms with Gasteiger partial charge in [0.2, 0.25) is 0 Å². The van der Waals surface area contributed by atoms with Crippen LogP contribution in [0.1, 0.15) is 107 Å². The molecule has 0 saturated heterocycles. The molecule has 0 N–H and O–H groups in total. The summed E-state index contributed by atoms with van der Waals surface area (Å²) >= 11 is 0. The first-order chi connectivity index (χ1) is 10.4. The Hall–Kier alpha value is 0. The molecule has 0 aliphatic heterocycles. The van der Waals surface area contributed by atoms with Gasteiger partial charge in [-0.2, -0.15) is 0 Å². The van der Waals surface area contributed by atoms with Gasteiger partial charge >= 0.3 is 0 Å². The van der Waals surface area contributed by atoms with Crippen LogP contribution < -0.4 is 0 Å². The summed E-state index contributed by atoms with van der Waals surface area (Å²) in [5.74, 6) is 5.43. The Labute approximate surface area is 142 Å². The second-order valence-electron chi connectivity index (χ2n) is 8.37. The molecule has 0 fully saturated rings. The summed E-state index contributed by atoms with van der Waals surface area (Å²) in [6, 6.07) is 0. The fourth-order valence-electron chi connectivity index (χ4n) is 4.37. The number of unbranched alkanes of at least 4 members (excludes halogenated alkanes) is 1. The van der Waals surface area contributed by atoms with Crippen molar-refractivity contribution in [3.05, 3.63) is 0 Å². The molecule has 0 radical (unpaired) electrons. The first-order valence-electron chi connectivity index (χ1n) is 10.4. The smallest absolute Gasteiger partial charge is 0.0365 e. The Morgan fingerprint density at radius 3 is 1.68 bits per heavy atom. The maximum absolute atomic E-state index is 2.50. The Bertz CT molecular complexity index is 242. The van der Waals surface area contributed by atoms with Gasteiger partial charge < -0.3 is 0 Å². The van der Waals surface area contributed by atoms with Crippen LogP contribution in [-0.4, -0.2) is 0 Å². The molecule has 0 aliphatic rings. The van der Waals surface area contributed by atoms with Gasteiger partial charge in [0, 0.05) is 0 Å². The summed E-state index contributed by atoms with van der Waals surface area (Å²) < 4.78 is 0. The molecule has 22 heavy (non-hydrogen) atoms. The van der Waals surface area contributed by atoms with Gasteiger partial charge in [-0.05, 0) is 35.5 Å². The summed E-state index contributed by atoms with van der Waals surface area (Å²) in [4.78, 5) is 0. The average Bonchev–Trinajstić information content (AvgIpc) is 2.50. The van der Waals surface area contributed by atoms with E-state index in [2.05, 4.69) is 55.4 Å². The van der Waals surface area contributed by atoms with E-state index >= 15 is 0 Å². The second-order valence-corrected chi connectivity index (χ2v) is 8.37. The van der Waals surface area contributed by atoms with Crippen LogP contribution in [-0.2, 0) is 0 Å². The lowest BCUT2D eigenvalue weighted by molar-refractivity contribution is 0.216. The molecule has 5 unspecified atom stereocenters. The molecule has 0 aromatic rings. The van der Waals surface area contributed by atoms with E-state index in [1.165, 1.54) is 51.4 Å². The van der Waals surface area contributed by atoms with E-state index in [-0.39, 0.29) is 0 Å². The molecule has 0 heteroatoms. The Morgan fingerprint density at radius 1 is 0.636 bits per heavy atom. The Balaban J connectivity index is 4.12. The van der Waals surface area contributed by atoms with Crippen molar-refractivity contribution in [3.8, 4) is 0 Å². The SMILES string of the molecule is CCCC(C(C)C)C(C)CCCCC(CC)C(C)C(C)CC. The summed E-state index contributed by atoms with van der Waals surface area (Å²) in [6.07, 6.45) is 11.2. The topological polar surface area (TPSA) is 0 Å². The lowest BCUT2D eigenvalue weighted by Crippen LogP contribution is -2.19. The molecular weight excluding hydrogens is 264 g/mol. The minimum Gasteiger partial charge on any atom is -0.0654 e. The van der Waals surface area contributed by atoms with Crippen LogP contribution in [0.5, 0.6) is 0 Å². The zero-order chi connectivity index (χ0) is 17.1. The Kier molecular flexibility index (Phi) is 12.4. The monoisotopic (exact) mass is 310 g/mol. The molecule has 0 aromatic heterocycles. The van der Waals surface area contributed by atoms with Gasteiger partial charge in [-0.3, -0.25) is 0 Å². The molecule has 0 bridgehead atoms. The van der Waals surface area contributed by atoms with Crippen molar-refractivity contribution in [1.82, 2.24) is 0 Å². The lowest BCUT2D eigenvalue weighted by atomic mass is 9.77. The first kappa shape index (κ1) is 22.0. The van der Waals surface area contributed by atoms with Gasteiger partial charge in [0.15, 0.2) is 0 Å². The van der Waals surface area contributed by atoms with Crippen LogP contribution in [0, 0.1) is 35.5 Å². The highest BCUT2D eigenvalue weighted by molar-refractivity contribution is 4.72. The van der Waals surface area contributed by atoms with Gasteiger partial charge in [0.1, 0.15) is 0 Å². The van der Waals surface area contributed by atoms with Crippen LogP contribution in [0.3, 0.4) is 0 Å². The van der Waals surface area contributed by atoms with Crippen LogP contribution >= 0.6 is 0 Å². The van der Waals surface area contributed by atoms with E-state index in [1.54, 1.807) is 0 Å². The standard InChI is InChI=1S/C22H46/c1-9-14-22(17(4)5)19(7)15-12-13-16-21(11-3)20(8)18(6)10-2/h17-22H,9-16H2,1-8H3. The molecule has 0 nitrogen and oxygen atoms in total. The van der Waals surface area contributed by atoms with Crippen LogP contribution in [0.15, 0.2) is 0 Å². The van der Waals surface area contributed by atoms with E-state index in [0.29, 0.717) is 0 Å². The van der Waals surface area contributed by atoms with Crippen LogP contribution in [0.25, 0.3) is 0 Å². The first-order valence-corrected chi connectivity index (χ1v) is 10.4. The minimum atomic E-state index is 0.851. The quantitative estimate of drug-likeness (QED) is 0.303. The van der Waals surface area contributed by atoms with E-state index < -0.39 is 0 Å². The molecular formula is C22H46. The van der Waals surface area contributed by atoms with Crippen molar-refractivity contribution in [3.63, 3.8) is 0 Å². The fourth-order valence-corrected chi connectivity index (χ4v) is 4.37. The predicted molar refractivity (Wildman–Crippen MR) is 103 cm³/mol.